The normalized spacial score (nSPS) is 10.2. The zero-order valence-corrected chi connectivity index (χ0v) is 11.6. The Balaban J connectivity index is 2.55. The van der Waals surface area contributed by atoms with Crippen molar-refractivity contribution in [2.75, 3.05) is 7.11 Å². The van der Waals surface area contributed by atoms with Crippen LogP contribution in [0.5, 0.6) is 5.75 Å². The van der Waals surface area contributed by atoms with Crippen LogP contribution < -0.4 is 4.74 Å². The quantitative estimate of drug-likeness (QED) is 0.929. The molecule has 2 aromatic rings. The summed E-state index contributed by atoms with van der Waals surface area (Å²) in [5.41, 5.74) is 2.53. The van der Waals surface area contributed by atoms with E-state index in [1.165, 1.54) is 6.20 Å². The molecule has 0 amide bonds. The summed E-state index contributed by atoms with van der Waals surface area (Å²) in [5.74, 6) is -0.250. The van der Waals surface area contributed by atoms with Gasteiger partial charge in [-0.25, -0.2) is 9.48 Å². The predicted molar refractivity (Wildman–Crippen MR) is 76.4 cm³/mol. The van der Waals surface area contributed by atoms with E-state index in [4.69, 9.17) is 4.74 Å². The van der Waals surface area contributed by atoms with Gasteiger partial charge in [-0.1, -0.05) is 5.57 Å². The van der Waals surface area contributed by atoms with Crippen LogP contribution in [0.3, 0.4) is 0 Å². The fraction of sp³-hybridized carbons (Fsp3) is 0.200. The highest BCUT2D eigenvalue weighted by molar-refractivity contribution is 5.91. The number of carboxylic acid groups (broad SMARTS) is 1. The number of rotatable bonds is 4. The fourth-order valence-corrected chi connectivity index (χ4v) is 1.86. The van der Waals surface area contributed by atoms with Gasteiger partial charge in [0.05, 0.1) is 24.7 Å². The Bertz CT molecular complexity index is 650. The predicted octanol–water partition coefficient (Wildman–Crippen LogP) is 3.00. The summed E-state index contributed by atoms with van der Waals surface area (Å²) in [6.45, 7) is 3.83. The highest BCUT2D eigenvalue weighted by Crippen LogP contribution is 2.20. The molecule has 20 heavy (non-hydrogen) atoms. The van der Waals surface area contributed by atoms with E-state index in [2.05, 4.69) is 5.10 Å². The van der Waals surface area contributed by atoms with Gasteiger partial charge in [0.2, 0.25) is 0 Å². The Morgan fingerprint density at radius 2 is 1.95 bits per heavy atom. The fourth-order valence-electron chi connectivity index (χ4n) is 1.86. The zero-order chi connectivity index (χ0) is 14.7. The summed E-state index contributed by atoms with van der Waals surface area (Å²) in [7, 11) is 1.60. The first-order valence-corrected chi connectivity index (χ1v) is 6.13. The van der Waals surface area contributed by atoms with Crippen LogP contribution in [-0.4, -0.2) is 28.0 Å². The molecular formula is C15H16N2O3. The van der Waals surface area contributed by atoms with Crippen molar-refractivity contribution in [2.24, 2.45) is 0 Å². The van der Waals surface area contributed by atoms with Gasteiger partial charge in [-0.15, -0.1) is 0 Å². The van der Waals surface area contributed by atoms with Gasteiger partial charge in [0.1, 0.15) is 11.3 Å². The van der Waals surface area contributed by atoms with Crippen molar-refractivity contribution in [2.45, 2.75) is 13.8 Å². The number of ether oxygens (including phenoxy) is 1. The zero-order valence-electron chi connectivity index (χ0n) is 11.6. The van der Waals surface area contributed by atoms with Crippen LogP contribution in [0.25, 0.3) is 11.8 Å². The standard InChI is InChI=1S/C15H16N2O3/c1-10(2)8-14-13(15(18)19)9-16-17(14)11-4-6-12(20-3)7-5-11/h4-9H,1-3H3,(H,18,19). The van der Waals surface area contributed by atoms with Gasteiger partial charge in [0.15, 0.2) is 0 Å². The number of carbonyl (C=O) groups is 1. The van der Waals surface area contributed by atoms with Gasteiger partial charge >= 0.3 is 5.97 Å². The van der Waals surface area contributed by atoms with E-state index in [1.54, 1.807) is 17.9 Å². The first-order chi connectivity index (χ1) is 9.52. The lowest BCUT2D eigenvalue weighted by molar-refractivity contribution is 0.0696. The van der Waals surface area contributed by atoms with Gasteiger partial charge in [-0.3, -0.25) is 0 Å². The number of hydrogen-bond acceptors (Lipinski definition) is 3. The maximum atomic E-state index is 11.2. The first kappa shape index (κ1) is 13.9. The molecule has 5 nitrogen and oxygen atoms in total. The SMILES string of the molecule is COc1ccc(-n2ncc(C(=O)O)c2C=C(C)C)cc1. The molecule has 1 heterocycles. The molecule has 0 aliphatic heterocycles. The van der Waals surface area contributed by atoms with E-state index in [0.29, 0.717) is 5.69 Å². The van der Waals surface area contributed by atoms with Gasteiger partial charge in [-0.05, 0) is 44.2 Å². The van der Waals surface area contributed by atoms with Gasteiger partial charge < -0.3 is 9.84 Å². The average molecular weight is 272 g/mol. The van der Waals surface area contributed by atoms with Crippen molar-refractivity contribution < 1.29 is 14.6 Å². The second kappa shape index (κ2) is 5.61. The van der Waals surface area contributed by atoms with Crippen molar-refractivity contribution in [3.05, 3.63) is 47.3 Å². The van der Waals surface area contributed by atoms with Crippen LogP contribution in [0.4, 0.5) is 0 Å². The number of benzene rings is 1. The third kappa shape index (κ3) is 2.71. The molecule has 0 saturated carbocycles. The van der Waals surface area contributed by atoms with Crippen molar-refractivity contribution in [1.29, 1.82) is 0 Å². The first-order valence-electron chi connectivity index (χ1n) is 6.13. The highest BCUT2D eigenvalue weighted by atomic mass is 16.5. The molecule has 104 valence electrons. The molecule has 0 fully saturated rings. The van der Waals surface area contributed by atoms with E-state index in [9.17, 15) is 9.90 Å². The van der Waals surface area contributed by atoms with Crippen LogP contribution in [0.15, 0.2) is 36.0 Å². The minimum atomic E-state index is -0.989. The van der Waals surface area contributed by atoms with E-state index in [-0.39, 0.29) is 5.56 Å². The smallest absolute Gasteiger partial charge is 0.339 e. The van der Waals surface area contributed by atoms with E-state index in [0.717, 1.165) is 17.0 Å². The number of methoxy groups -OCH3 is 1. The molecule has 0 spiro atoms. The third-order valence-corrected chi connectivity index (χ3v) is 2.78. The summed E-state index contributed by atoms with van der Waals surface area (Å²) >= 11 is 0. The lowest BCUT2D eigenvalue weighted by atomic mass is 10.2. The summed E-state index contributed by atoms with van der Waals surface area (Å²) in [6.07, 6.45) is 3.17. The molecule has 0 saturated heterocycles. The number of carboxylic acids is 1. The monoisotopic (exact) mass is 272 g/mol. The average Bonchev–Trinajstić information content (AvgIpc) is 2.82. The van der Waals surface area contributed by atoms with Crippen molar-refractivity contribution >= 4 is 12.0 Å². The summed E-state index contributed by atoms with van der Waals surface area (Å²) < 4.78 is 6.71. The van der Waals surface area contributed by atoms with Crippen molar-refractivity contribution in [3.8, 4) is 11.4 Å². The molecule has 0 radical (unpaired) electrons. The van der Waals surface area contributed by atoms with E-state index >= 15 is 0 Å². The Morgan fingerprint density at radius 1 is 1.30 bits per heavy atom. The van der Waals surface area contributed by atoms with Crippen molar-refractivity contribution in [3.63, 3.8) is 0 Å². The van der Waals surface area contributed by atoms with Gasteiger partial charge in [-0.2, -0.15) is 5.10 Å². The highest BCUT2D eigenvalue weighted by Gasteiger charge is 2.15. The topological polar surface area (TPSA) is 64.4 Å². The maximum Gasteiger partial charge on any atom is 0.339 e. The molecule has 0 unspecified atom stereocenters. The van der Waals surface area contributed by atoms with Crippen LogP contribution in [0.2, 0.25) is 0 Å². The number of allylic oxidation sites excluding steroid dienone is 1. The second-order valence-corrected chi connectivity index (χ2v) is 4.58. The largest absolute Gasteiger partial charge is 0.497 e. The summed E-state index contributed by atoms with van der Waals surface area (Å²) in [5, 5.41) is 13.4. The molecule has 1 N–H and O–H groups in total. The number of aromatic nitrogens is 2. The van der Waals surface area contributed by atoms with Crippen LogP contribution in [-0.2, 0) is 0 Å². The number of hydrogen-bond donors (Lipinski definition) is 1. The molecule has 0 bridgehead atoms. The van der Waals surface area contributed by atoms with Crippen LogP contribution >= 0.6 is 0 Å². The minimum Gasteiger partial charge on any atom is -0.497 e. The van der Waals surface area contributed by atoms with Crippen LogP contribution in [0, 0.1) is 0 Å². The van der Waals surface area contributed by atoms with E-state index in [1.807, 2.05) is 38.1 Å². The molecule has 1 aromatic heterocycles. The second-order valence-electron chi connectivity index (χ2n) is 4.58. The Labute approximate surface area is 117 Å². The lowest BCUT2D eigenvalue weighted by Crippen LogP contribution is -2.03. The Morgan fingerprint density at radius 3 is 2.45 bits per heavy atom. The van der Waals surface area contributed by atoms with Gasteiger partial charge in [0, 0.05) is 0 Å². The molecule has 0 aliphatic carbocycles. The van der Waals surface area contributed by atoms with Crippen molar-refractivity contribution in [1.82, 2.24) is 9.78 Å². The molecule has 0 atom stereocenters. The summed E-state index contributed by atoms with van der Waals surface area (Å²) in [6, 6.07) is 7.28. The maximum absolute atomic E-state index is 11.2. The Kier molecular flexibility index (Phi) is 3.89. The Hall–Kier alpha value is -2.56. The third-order valence-electron chi connectivity index (χ3n) is 2.78. The minimum absolute atomic E-state index is 0.182. The van der Waals surface area contributed by atoms with Gasteiger partial charge in [0.25, 0.3) is 0 Å². The van der Waals surface area contributed by atoms with E-state index < -0.39 is 5.97 Å². The molecule has 2 rings (SSSR count). The molecule has 5 heteroatoms. The lowest BCUT2D eigenvalue weighted by Gasteiger charge is -2.07. The number of nitrogens with zero attached hydrogens (tertiary/aromatic N) is 2. The number of aromatic carboxylic acids is 1. The van der Waals surface area contributed by atoms with Crippen LogP contribution in [0.1, 0.15) is 29.9 Å². The summed E-state index contributed by atoms with van der Waals surface area (Å²) in [4.78, 5) is 11.2. The molecule has 1 aromatic carbocycles. The molecular weight excluding hydrogens is 256 g/mol. The molecule has 0 aliphatic rings.